The van der Waals surface area contributed by atoms with Gasteiger partial charge in [-0.25, -0.2) is 0 Å². The van der Waals surface area contributed by atoms with Crippen molar-refractivity contribution in [1.29, 1.82) is 0 Å². The fourth-order valence-corrected chi connectivity index (χ4v) is 2.64. The van der Waals surface area contributed by atoms with Crippen LogP contribution in [0.1, 0.15) is 11.1 Å². The van der Waals surface area contributed by atoms with Crippen LogP contribution >= 0.6 is 11.6 Å². The van der Waals surface area contributed by atoms with Crippen LogP contribution in [0.5, 0.6) is 5.75 Å². The molecule has 0 aliphatic heterocycles. The molecule has 0 saturated carbocycles. The van der Waals surface area contributed by atoms with Crippen LogP contribution in [0.2, 0.25) is 5.02 Å². The molecule has 6 heteroatoms. The number of hydrogen-bond acceptors (Lipinski definition) is 4. The normalized spacial score (nSPS) is 10.3. The van der Waals surface area contributed by atoms with Gasteiger partial charge in [-0.05, 0) is 41.5 Å². The van der Waals surface area contributed by atoms with Crippen molar-refractivity contribution < 1.29 is 9.66 Å². The molecular weight excluding hydrogens is 352 g/mol. The second kappa shape index (κ2) is 8.36. The van der Waals surface area contributed by atoms with Gasteiger partial charge in [-0.1, -0.05) is 41.9 Å². The summed E-state index contributed by atoms with van der Waals surface area (Å²) in [6, 6.07) is 21.7. The second-order valence-corrected chi connectivity index (χ2v) is 6.16. The summed E-state index contributed by atoms with van der Waals surface area (Å²) in [6.45, 7) is 1.02. The monoisotopic (exact) mass is 368 g/mol. The Morgan fingerprint density at radius 1 is 0.962 bits per heavy atom. The van der Waals surface area contributed by atoms with Crippen molar-refractivity contribution >= 4 is 23.0 Å². The van der Waals surface area contributed by atoms with Crippen LogP contribution in [-0.4, -0.2) is 4.92 Å². The molecule has 3 aromatic rings. The summed E-state index contributed by atoms with van der Waals surface area (Å²) >= 11 is 5.96. The van der Waals surface area contributed by atoms with E-state index in [2.05, 4.69) is 5.32 Å². The quantitative estimate of drug-likeness (QED) is 0.445. The number of halogens is 1. The van der Waals surface area contributed by atoms with E-state index in [1.165, 1.54) is 12.1 Å². The number of hydrogen-bond donors (Lipinski definition) is 1. The van der Waals surface area contributed by atoms with Gasteiger partial charge >= 0.3 is 0 Å². The highest BCUT2D eigenvalue weighted by atomic mass is 35.5. The third kappa shape index (κ3) is 4.97. The van der Waals surface area contributed by atoms with E-state index in [1.807, 2.05) is 48.5 Å². The number of ether oxygens (including phenoxy) is 1. The van der Waals surface area contributed by atoms with Gasteiger partial charge in [0, 0.05) is 29.4 Å². The molecule has 0 saturated heterocycles. The lowest BCUT2D eigenvalue weighted by Gasteiger charge is -2.09. The van der Waals surface area contributed by atoms with Crippen LogP contribution in [0.15, 0.2) is 72.8 Å². The summed E-state index contributed by atoms with van der Waals surface area (Å²) in [5.74, 6) is 0.768. The highest BCUT2D eigenvalue weighted by Gasteiger charge is 2.05. The van der Waals surface area contributed by atoms with Crippen LogP contribution in [0.25, 0.3) is 0 Å². The number of nitro benzene ring substituents is 1. The molecular formula is C20H17ClN2O3. The van der Waals surface area contributed by atoms with Gasteiger partial charge in [0.25, 0.3) is 5.69 Å². The number of benzene rings is 3. The standard InChI is InChI=1S/C20H17ClN2O3/c21-17-4-1-3-16(11-17)14-26-20-9-7-15(8-10-20)13-22-18-5-2-6-19(12-18)23(24)25/h1-12,22H,13-14H2. The fourth-order valence-electron chi connectivity index (χ4n) is 2.43. The molecule has 0 aliphatic carbocycles. The first kappa shape index (κ1) is 17.8. The van der Waals surface area contributed by atoms with Gasteiger partial charge in [-0.2, -0.15) is 0 Å². The zero-order valence-electron chi connectivity index (χ0n) is 13.9. The minimum Gasteiger partial charge on any atom is -0.489 e. The first-order chi connectivity index (χ1) is 12.6. The minimum atomic E-state index is -0.406. The predicted octanol–water partition coefficient (Wildman–Crippen LogP) is 5.44. The van der Waals surface area contributed by atoms with E-state index < -0.39 is 4.92 Å². The smallest absolute Gasteiger partial charge is 0.271 e. The third-order valence-corrected chi connectivity index (χ3v) is 4.01. The zero-order chi connectivity index (χ0) is 18.4. The SMILES string of the molecule is O=[N+]([O-])c1cccc(NCc2ccc(OCc3cccc(Cl)c3)cc2)c1. The molecule has 0 atom stereocenters. The van der Waals surface area contributed by atoms with Gasteiger partial charge in [0.1, 0.15) is 12.4 Å². The largest absolute Gasteiger partial charge is 0.489 e. The van der Waals surface area contributed by atoms with Crippen molar-refractivity contribution in [1.82, 2.24) is 0 Å². The number of nitrogens with zero attached hydrogens (tertiary/aromatic N) is 1. The molecule has 132 valence electrons. The molecule has 0 radical (unpaired) electrons. The highest BCUT2D eigenvalue weighted by Crippen LogP contribution is 2.19. The van der Waals surface area contributed by atoms with Gasteiger partial charge in [-0.3, -0.25) is 10.1 Å². The molecule has 0 bridgehead atoms. The maximum Gasteiger partial charge on any atom is 0.271 e. The van der Waals surface area contributed by atoms with Gasteiger partial charge < -0.3 is 10.1 Å². The molecule has 3 rings (SSSR count). The fraction of sp³-hybridized carbons (Fsp3) is 0.100. The van der Waals surface area contributed by atoms with E-state index in [-0.39, 0.29) is 5.69 Å². The summed E-state index contributed by atoms with van der Waals surface area (Å²) in [5.41, 5.74) is 2.83. The lowest BCUT2D eigenvalue weighted by molar-refractivity contribution is -0.384. The maximum atomic E-state index is 10.8. The molecule has 0 heterocycles. The molecule has 0 unspecified atom stereocenters. The molecule has 3 aromatic carbocycles. The van der Waals surface area contributed by atoms with Gasteiger partial charge in [-0.15, -0.1) is 0 Å². The van der Waals surface area contributed by atoms with E-state index >= 15 is 0 Å². The Bertz CT molecular complexity index is 898. The molecule has 1 N–H and O–H groups in total. The number of anilines is 1. The topological polar surface area (TPSA) is 64.4 Å². The Morgan fingerprint density at radius 2 is 1.73 bits per heavy atom. The van der Waals surface area contributed by atoms with Crippen LogP contribution in [0.4, 0.5) is 11.4 Å². The average molecular weight is 369 g/mol. The third-order valence-electron chi connectivity index (χ3n) is 3.77. The average Bonchev–Trinajstić information content (AvgIpc) is 2.66. The van der Waals surface area contributed by atoms with E-state index in [4.69, 9.17) is 16.3 Å². The van der Waals surface area contributed by atoms with E-state index in [0.717, 1.165) is 16.9 Å². The van der Waals surface area contributed by atoms with E-state index in [9.17, 15) is 10.1 Å². The van der Waals surface area contributed by atoms with Crippen molar-refractivity contribution in [2.45, 2.75) is 13.2 Å². The van der Waals surface area contributed by atoms with Crippen LogP contribution in [0, 0.1) is 10.1 Å². The Balaban J connectivity index is 1.54. The van der Waals surface area contributed by atoms with Crippen molar-refractivity contribution in [2.75, 3.05) is 5.32 Å². The minimum absolute atomic E-state index is 0.0692. The number of rotatable bonds is 7. The molecule has 26 heavy (non-hydrogen) atoms. The number of non-ortho nitro benzene ring substituents is 1. The molecule has 5 nitrogen and oxygen atoms in total. The summed E-state index contributed by atoms with van der Waals surface area (Å²) in [5, 5.41) is 14.7. The number of nitro groups is 1. The molecule has 0 amide bonds. The van der Waals surface area contributed by atoms with Crippen molar-refractivity contribution in [2.24, 2.45) is 0 Å². The van der Waals surface area contributed by atoms with Crippen molar-refractivity contribution in [3.8, 4) is 5.75 Å². The van der Waals surface area contributed by atoms with Crippen LogP contribution in [0.3, 0.4) is 0 Å². The van der Waals surface area contributed by atoms with Crippen molar-refractivity contribution in [3.63, 3.8) is 0 Å². The van der Waals surface area contributed by atoms with Crippen LogP contribution < -0.4 is 10.1 Å². The highest BCUT2D eigenvalue weighted by molar-refractivity contribution is 6.30. The summed E-state index contributed by atoms with van der Waals surface area (Å²) in [6.07, 6.45) is 0. The van der Waals surface area contributed by atoms with Gasteiger partial charge in [0.15, 0.2) is 0 Å². The predicted molar refractivity (Wildman–Crippen MR) is 103 cm³/mol. The first-order valence-electron chi connectivity index (χ1n) is 8.05. The van der Waals surface area contributed by atoms with Gasteiger partial charge in [0.05, 0.1) is 4.92 Å². The molecule has 0 aliphatic rings. The zero-order valence-corrected chi connectivity index (χ0v) is 14.6. The maximum absolute atomic E-state index is 10.8. The summed E-state index contributed by atoms with van der Waals surface area (Å²) < 4.78 is 5.75. The molecule has 0 fully saturated rings. The second-order valence-electron chi connectivity index (χ2n) is 5.72. The Labute approximate surface area is 156 Å². The Hall–Kier alpha value is -3.05. The van der Waals surface area contributed by atoms with Gasteiger partial charge in [0.2, 0.25) is 0 Å². The first-order valence-corrected chi connectivity index (χ1v) is 8.42. The Kier molecular flexibility index (Phi) is 5.71. The lowest BCUT2D eigenvalue weighted by atomic mass is 10.2. The summed E-state index contributed by atoms with van der Waals surface area (Å²) in [7, 11) is 0. The summed E-state index contributed by atoms with van der Waals surface area (Å²) in [4.78, 5) is 10.4. The van der Waals surface area contributed by atoms with Crippen LogP contribution in [-0.2, 0) is 13.2 Å². The van der Waals surface area contributed by atoms with E-state index in [0.29, 0.717) is 23.9 Å². The number of nitrogens with one attached hydrogen (secondary N) is 1. The Morgan fingerprint density at radius 3 is 2.46 bits per heavy atom. The van der Waals surface area contributed by atoms with Crippen molar-refractivity contribution in [3.05, 3.63) is 99.1 Å². The lowest BCUT2D eigenvalue weighted by Crippen LogP contribution is -2.00. The molecule has 0 spiro atoms. The van der Waals surface area contributed by atoms with E-state index in [1.54, 1.807) is 12.1 Å². The molecule has 0 aromatic heterocycles.